The molecule has 2 rings (SSSR count). The molecule has 0 spiro atoms. The molecule has 0 saturated heterocycles. The molecule has 0 aliphatic heterocycles. The first kappa shape index (κ1) is 13.2. The Morgan fingerprint density at radius 1 is 1.26 bits per heavy atom. The summed E-state index contributed by atoms with van der Waals surface area (Å²) in [5.74, 6) is 0.893. The van der Waals surface area contributed by atoms with Crippen LogP contribution in [0.2, 0.25) is 0 Å². The van der Waals surface area contributed by atoms with Gasteiger partial charge in [-0.1, -0.05) is 25.1 Å². The second-order valence-corrected chi connectivity index (χ2v) is 4.25. The predicted molar refractivity (Wildman–Crippen MR) is 75.6 cm³/mol. The molecular formula is C15H18N2O2. The van der Waals surface area contributed by atoms with Crippen molar-refractivity contribution in [3.8, 4) is 11.6 Å². The molecule has 0 amide bonds. The first-order valence-corrected chi connectivity index (χ1v) is 6.29. The molecule has 0 saturated carbocycles. The molecule has 1 atom stereocenters. The van der Waals surface area contributed by atoms with Gasteiger partial charge in [-0.15, -0.1) is 0 Å². The number of anilines is 1. The molecule has 0 radical (unpaired) electrons. The minimum atomic E-state index is 0.0522. The van der Waals surface area contributed by atoms with Crippen LogP contribution in [-0.2, 0) is 0 Å². The van der Waals surface area contributed by atoms with E-state index in [1.807, 2.05) is 24.3 Å². The van der Waals surface area contributed by atoms with Gasteiger partial charge in [0.05, 0.1) is 25.0 Å². The fraction of sp³-hybridized carbons (Fsp3) is 0.267. The monoisotopic (exact) mass is 258 g/mol. The molecule has 4 nitrogen and oxygen atoms in total. The molecule has 1 aromatic carbocycles. The van der Waals surface area contributed by atoms with Gasteiger partial charge in [-0.3, -0.25) is 0 Å². The third-order valence-electron chi connectivity index (χ3n) is 3.01. The lowest BCUT2D eigenvalue weighted by atomic mass is 10.0. The number of hydrogen-bond acceptors (Lipinski definition) is 4. The summed E-state index contributed by atoms with van der Waals surface area (Å²) in [4.78, 5) is 4.15. The molecule has 4 heteroatoms. The van der Waals surface area contributed by atoms with Gasteiger partial charge in [0.25, 0.3) is 0 Å². The van der Waals surface area contributed by atoms with E-state index in [4.69, 9.17) is 4.74 Å². The summed E-state index contributed by atoms with van der Waals surface area (Å²) in [6.07, 6.45) is 2.59. The minimum Gasteiger partial charge on any atom is -0.508 e. The summed E-state index contributed by atoms with van der Waals surface area (Å²) in [5, 5.41) is 13.3. The molecule has 0 bridgehead atoms. The number of methoxy groups -OCH3 is 1. The lowest BCUT2D eigenvalue weighted by molar-refractivity contribution is 0.398. The number of benzene rings is 1. The van der Waals surface area contributed by atoms with Crippen LogP contribution in [0, 0.1) is 0 Å². The van der Waals surface area contributed by atoms with Gasteiger partial charge >= 0.3 is 0 Å². The summed E-state index contributed by atoms with van der Waals surface area (Å²) in [7, 11) is 1.59. The maximum absolute atomic E-state index is 9.90. The van der Waals surface area contributed by atoms with Gasteiger partial charge in [-0.05, 0) is 18.6 Å². The second-order valence-electron chi connectivity index (χ2n) is 4.25. The SMILES string of the molecule is CCC(Nc1ccc(OC)nc1)c1ccccc1O. The van der Waals surface area contributed by atoms with Crippen molar-refractivity contribution in [3.63, 3.8) is 0 Å². The van der Waals surface area contributed by atoms with Crippen molar-refractivity contribution >= 4 is 5.69 Å². The normalized spacial score (nSPS) is 11.9. The highest BCUT2D eigenvalue weighted by Gasteiger charge is 2.12. The van der Waals surface area contributed by atoms with E-state index in [1.165, 1.54) is 0 Å². The number of para-hydroxylation sites is 1. The van der Waals surface area contributed by atoms with Gasteiger partial charge in [0.15, 0.2) is 0 Å². The molecule has 0 aliphatic rings. The molecule has 0 fully saturated rings. The number of phenols is 1. The van der Waals surface area contributed by atoms with Crippen molar-refractivity contribution in [2.24, 2.45) is 0 Å². The van der Waals surface area contributed by atoms with Crippen LogP contribution in [0.4, 0.5) is 5.69 Å². The Labute approximate surface area is 113 Å². The first-order valence-electron chi connectivity index (χ1n) is 6.29. The lowest BCUT2D eigenvalue weighted by Crippen LogP contribution is -2.10. The van der Waals surface area contributed by atoms with E-state index >= 15 is 0 Å². The van der Waals surface area contributed by atoms with E-state index in [1.54, 1.807) is 25.4 Å². The maximum Gasteiger partial charge on any atom is 0.213 e. The fourth-order valence-electron chi connectivity index (χ4n) is 1.97. The number of aromatic hydroxyl groups is 1. The molecular weight excluding hydrogens is 240 g/mol. The van der Waals surface area contributed by atoms with Crippen LogP contribution in [0.15, 0.2) is 42.6 Å². The lowest BCUT2D eigenvalue weighted by Gasteiger charge is -2.19. The van der Waals surface area contributed by atoms with E-state index in [0.29, 0.717) is 11.6 Å². The zero-order valence-corrected chi connectivity index (χ0v) is 11.1. The smallest absolute Gasteiger partial charge is 0.213 e. The second kappa shape index (κ2) is 6.09. The maximum atomic E-state index is 9.90. The number of nitrogens with zero attached hydrogens (tertiary/aromatic N) is 1. The van der Waals surface area contributed by atoms with E-state index in [9.17, 15) is 5.11 Å². The Balaban J connectivity index is 2.17. The van der Waals surface area contributed by atoms with Gasteiger partial charge in [-0.25, -0.2) is 4.98 Å². The summed E-state index contributed by atoms with van der Waals surface area (Å²) in [6.45, 7) is 2.07. The average molecular weight is 258 g/mol. The molecule has 1 unspecified atom stereocenters. The van der Waals surface area contributed by atoms with Crippen molar-refractivity contribution in [3.05, 3.63) is 48.2 Å². The molecule has 1 aromatic heterocycles. The number of aromatic nitrogens is 1. The van der Waals surface area contributed by atoms with E-state index in [2.05, 4.69) is 17.2 Å². The van der Waals surface area contributed by atoms with Gasteiger partial charge in [-0.2, -0.15) is 0 Å². The van der Waals surface area contributed by atoms with Crippen LogP contribution in [0.1, 0.15) is 24.9 Å². The third kappa shape index (κ3) is 3.16. The Hall–Kier alpha value is -2.23. The molecule has 0 aliphatic carbocycles. The largest absolute Gasteiger partial charge is 0.508 e. The van der Waals surface area contributed by atoms with Gasteiger partial charge in [0, 0.05) is 11.6 Å². The van der Waals surface area contributed by atoms with Crippen molar-refractivity contribution in [2.75, 3.05) is 12.4 Å². The Morgan fingerprint density at radius 3 is 2.63 bits per heavy atom. The fourth-order valence-corrected chi connectivity index (χ4v) is 1.97. The standard InChI is InChI=1S/C15H18N2O2/c1-3-13(12-6-4-5-7-14(12)18)17-11-8-9-15(19-2)16-10-11/h4-10,13,17-18H,3H2,1-2H3. The molecule has 100 valence electrons. The van der Waals surface area contributed by atoms with Gasteiger partial charge in [0.1, 0.15) is 5.75 Å². The quantitative estimate of drug-likeness (QED) is 0.863. The zero-order valence-electron chi connectivity index (χ0n) is 11.1. The highest BCUT2D eigenvalue weighted by molar-refractivity contribution is 5.47. The van der Waals surface area contributed by atoms with Gasteiger partial charge < -0.3 is 15.2 Å². The highest BCUT2D eigenvalue weighted by Crippen LogP contribution is 2.29. The van der Waals surface area contributed by atoms with Gasteiger partial charge in [0.2, 0.25) is 5.88 Å². The number of hydrogen-bond donors (Lipinski definition) is 2. The molecule has 2 aromatic rings. The third-order valence-corrected chi connectivity index (χ3v) is 3.01. The topological polar surface area (TPSA) is 54.4 Å². The number of rotatable bonds is 5. The predicted octanol–water partition coefficient (Wildman–Crippen LogP) is 3.36. The summed E-state index contributed by atoms with van der Waals surface area (Å²) in [6, 6.07) is 11.1. The first-order chi connectivity index (χ1) is 9.24. The zero-order chi connectivity index (χ0) is 13.7. The number of phenolic OH excluding ortho intramolecular Hbond substituents is 1. The van der Waals surface area contributed by atoms with Crippen LogP contribution in [-0.4, -0.2) is 17.2 Å². The molecule has 19 heavy (non-hydrogen) atoms. The minimum absolute atomic E-state index is 0.0522. The summed E-state index contributed by atoms with van der Waals surface area (Å²) >= 11 is 0. The molecule has 1 heterocycles. The molecule has 2 N–H and O–H groups in total. The van der Waals surface area contributed by atoms with Crippen LogP contribution in [0.5, 0.6) is 11.6 Å². The number of pyridine rings is 1. The summed E-state index contributed by atoms with van der Waals surface area (Å²) in [5.41, 5.74) is 1.79. The van der Waals surface area contributed by atoms with E-state index < -0.39 is 0 Å². The van der Waals surface area contributed by atoms with E-state index in [-0.39, 0.29) is 6.04 Å². The van der Waals surface area contributed by atoms with Crippen molar-refractivity contribution in [1.29, 1.82) is 0 Å². The number of ether oxygens (including phenoxy) is 1. The van der Waals surface area contributed by atoms with Crippen molar-refractivity contribution in [2.45, 2.75) is 19.4 Å². The number of nitrogens with one attached hydrogen (secondary N) is 1. The van der Waals surface area contributed by atoms with E-state index in [0.717, 1.165) is 17.7 Å². The van der Waals surface area contributed by atoms with Crippen LogP contribution in [0.3, 0.4) is 0 Å². The van der Waals surface area contributed by atoms with Crippen molar-refractivity contribution in [1.82, 2.24) is 4.98 Å². The highest BCUT2D eigenvalue weighted by atomic mass is 16.5. The van der Waals surface area contributed by atoms with Crippen LogP contribution in [0.25, 0.3) is 0 Å². The Kier molecular flexibility index (Phi) is 4.23. The van der Waals surface area contributed by atoms with Crippen molar-refractivity contribution < 1.29 is 9.84 Å². The Morgan fingerprint density at radius 2 is 2.05 bits per heavy atom. The van der Waals surface area contributed by atoms with Crippen LogP contribution < -0.4 is 10.1 Å². The average Bonchev–Trinajstić information content (AvgIpc) is 2.46. The Bertz CT molecular complexity index is 526. The van der Waals surface area contributed by atoms with Crippen LogP contribution >= 0.6 is 0 Å². The summed E-state index contributed by atoms with van der Waals surface area (Å²) < 4.78 is 5.03.